The maximum atomic E-state index is 12.8. The number of alkyl halides is 3. The predicted molar refractivity (Wildman–Crippen MR) is 61.9 cm³/mol. The quantitative estimate of drug-likeness (QED) is 0.929. The number of hydrogen-bond donors (Lipinski definition) is 1. The molecule has 0 saturated heterocycles. The highest BCUT2D eigenvalue weighted by atomic mass is 19.4. The summed E-state index contributed by atoms with van der Waals surface area (Å²) in [6.45, 7) is -0.135. The van der Waals surface area contributed by atoms with E-state index >= 15 is 0 Å². The molecule has 100 valence electrons. The summed E-state index contributed by atoms with van der Waals surface area (Å²) in [6.07, 6.45) is -4.58. The van der Waals surface area contributed by atoms with Gasteiger partial charge in [-0.1, -0.05) is 30.3 Å². The van der Waals surface area contributed by atoms with E-state index in [2.05, 4.69) is 0 Å². The molecule has 0 atom stereocenters. The number of nitrogens with zero attached hydrogens (tertiary/aromatic N) is 1. The van der Waals surface area contributed by atoms with Crippen LogP contribution in [0.15, 0.2) is 42.5 Å². The van der Waals surface area contributed by atoms with E-state index < -0.39 is 17.8 Å². The third-order valence-corrected chi connectivity index (χ3v) is 2.67. The molecule has 1 aromatic carbocycles. The van der Waals surface area contributed by atoms with Crippen LogP contribution in [-0.2, 0) is 12.7 Å². The highest BCUT2D eigenvalue weighted by Gasteiger charge is 2.36. The normalized spacial score (nSPS) is 11.5. The van der Waals surface area contributed by atoms with Gasteiger partial charge in [-0.15, -0.1) is 0 Å². The SMILES string of the molecule is O=C(O)c1ccc(C(F)(F)F)n1Cc1ccccc1. The van der Waals surface area contributed by atoms with Crippen LogP contribution in [0.1, 0.15) is 21.7 Å². The molecule has 1 heterocycles. The minimum atomic E-state index is -4.58. The summed E-state index contributed by atoms with van der Waals surface area (Å²) in [7, 11) is 0. The van der Waals surface area contributed by atoms with Crippen LogP contribution in [0.2, 0.25) is 0 Å². The van der Waals surface area contributed by atoms with Crippen LogP contribution in [0.4, 0.5) is 13.2 Å². The molecule has 2 rings (SSSR count). The van der Waals surface area contributed by atoms with Crippen molar-refractivity contribution in [1.29, 1.82) is 0 Å². The molecular formula is C13H10F3NO2. The van der Waals surface area contributed by atoms with Crippen LogP contribution < -0.4 is 0 Å². The molecule has 0 aliphatic carbocycles. The van der Waals surface area contributed by atoms with Gasteiger partial charge < -0.3 is 9.67 Å². The van der Waals surface area contributed by atoms with E-state index in [1.165, 1.54) is 0 Å². The van der Waals surface area contributed by atoms with Crippen molar-refractivity contribution in [2.45, 2.75) is 12.7 Å². The summed E-state index contributed by atoms with van der Waals surface area (Å²) in [6, 6.07) is 10.2. The Bertz CT molecular complexity index is 588. The van der Waals surface area contributed by atoms with Crippen molar-refractivity contribution in [3.63, 3.8) is 0 Å². The molecule has 0 radical (unpaired) electrons. The fourth-order valence-corrected chi connectivity index (χ4v) is 1.84. The molecule has 0 fully saturated rings. The molecule has 0 spiro atoms. The third-order valence-electron chi connectivity index (χ3n) is 2.67. The Morgan fingerprint density at radius 1 is 1.11 bits per heavy atom. The fraction of sp³-hybridized carbons (Fsp3) is 0.154. The van der Waals surface area contributed by atoms with Crippen LogP contribution in [0.25, 0.3) is 0 Å². The number of carboxylic acid groups (broad SMARTS) is 1. The molecule has 1 N–H and O–H groups in total. The van der Waals surface area contributed by atoms with Gasteiger partial charge in [0.15, 0.2) is 0 Å². The molecule has 6 heteroatoms. The standard InChI is InChI=1S/C13H10F3NO2/c14-13(15,16)11-7-6-10(12(18)19)17(11)8-9-4-2-1-3-5-9/h1-7H,8H2,(H,18,19). The van der Waals surface area contributed by atoms with Gasteiger partial charge in [-0.05, 0) is 17.7 Å². The fourth-order valence-electron chi connectivity index (χ4n) is 1.84. The van der Waals surface area contributed by atoms with Crippen molar-refractivity contribution in [3.8, 4) is 0 Å². The topological polar surface area (TPSA) is 42.2 Å². The van der Waals surface area contributed by atoms with Gasteiger partial charge in [0.25, 0.3) is 0 Å². The summed E-state index contributed by atoms with van der Waals surface area (Å²) in [5.74, 6) is -1.38. The lowest BCUT2D eigenvalue weighted by molar-refractivity contribution is -0.143. The largest absolute Gasteiger partial charge is 0.477 e. The lowest BCUT2D eigenvalue weighted by atomic mass is 10.2. The Hall–Kier alpha value is -2.24. The first-order valence-corrected chi connectivity index (χ1v) is 5.43. The Balaban J connectivity index is 2.47. The zero-order valence-corrected chi connectivity index (χ0v) is 9.69. The van der Waals surface area contributed by atoms with Crippen molar-refractivity contribution in [3.05, 3.63) is 59.4 Å². The van der Waals surface area contributed by atoms with Gasteiger partial charge in [-0.3, -0.25) is 0 Å². The van der Waals surface area contributed by atoms with Gasteiger partial charge in [-0.2, -0.15) is 13.2 Å². The number of rotatable bonds is 3. The minimum absolute atomic E-state index is 0.135. The highest BCUT2D eigenvalue weighted by Crippen LogP contribution is 2.31. The van der Waals surface area contributed by atoms with Crippen LogP contribution in [0, 0.1) is 0 Å². The zero-order valence-electron chi connectivity index (χ0n) is 9.69. The Morgan fingerprint density at radius 2 is 1.74 bits per heavy atom. The maximum Gasteiger partial charge on any atom is 0.431 e. The number of benzene rings is 1. The average molecular weight is 269 g/mol. The van der Waals surface area contributed by atoms with Crippen molar-refractivity contribution in [1.82, 2.24) is 4.57 Å². The maximum absolute atomic E-state index is 12.8. The van der Waals surface area contributed by atoms with Gasteiger partial charge in [0, 0.05) is 6.54 Å². The molecule has 0 aliphatic heterocycles. The second kappa shape index (κ2) is 4.79. The number of aromatic carboxylic acids is 1. The summed E-state index contributed by atoms with van der Waals surface area (Å²) >= 11 is 0. The number of carbonyl (C=O) groups is 1. The lowest BCUT2D eigenvalue weighted by Crippen LogP contribution is -2.18. The Kier molecular flexibility index (Phi) is 3.33. The van der Waals surface area contributed by atoms with E-state index in [1.54, 1.807) is 30.3 Å². The highest BCUT2D eigenvalue weighted by molar-refractivity contribution is 5.86. The number of carboxylic acids is 1. The minimum Gasteiger partial charge on any atom is -0.477 e. The lowest BCUT2D eigenvalue weighted by Gasteiger charge is -2.13. The van der Waals surface area contributed by atoms with Crippen molar-refractivity contribution in [2.24, 2.45) is 0 Å². The van der Waals surface area contributed by atoms with Gasteiger partial charge in [0.1, 0.15) is 11.4 Å². The number of hydrogen-bond acceptors (Lipinski definition) is 1. The van der Waals surface area contributed by atoms with Gasteiger partial charge in [0.2, 0.25) is 0 Å². The molecule has 2 aromatic rings. The molecule has 0 bridgehead atoms. The molecule has 0 unspecified atom stereocenters. The van der Waals surface area contributed by atoms with Gasteiger partial charge in [-0.25, -0.2) is 4.79 Å². The summed E-state index contributed by atoms with van der Waals surface area (Å²) in [5, 5.41) is 8.93. The molecule has 0 aliphatic rings. The van der Waals surface area contributed by atoms with Crippen molar-refractivity contribution in [2.75, 3.05) is 0 Å². The number of halogens is 3. The summed E-state index contributed by atoms with van der Waals surface area (Å²) < 4.78 is 39.2. The number of aromatic nitrogens is 1. The molecular weight excluding hydrogens is 259 g/mol. The van der Waals surface area contributed by atoms with E-state index in [9.17, 15) is 18.0 Å². The molecule has 1 aromatic heterocycles. The Morgan fingerprint density at radius 3 is 2.26 bits per heavy atom. The van der Waals surface area contributed by atoms with E-state index in [4.69, 9.17) is 5.11 Å². The van der Waals surface area contributed by atoms with Crippen LogP contribution in [0.5, 0.6) is 0 Å². The van der Waals surface area contributed by atoms with Crippen LogP contribution in [0.3, 0.4) is 0 Å². The first-order valence-electron chi connectivity index (χ1n) is 5.43. The third kappa shape index (κ3) is 2.78. The average Bonchev–Trinajstić information content (AvgIpc) is 2.74. The van der Waals surface area contributed by atoms with E-state index in [-0.39, 0.29) is 12.2 Å². The molecule has 3 nitrogen and oxygen atoms in total. The summed E-state index contributed by atoms with van der Waals surface area (Å²) in [5.41, 5.74) is -0.739. The van der Waals surface area contributed by atoms with Crippen LogP contribution >= 0.6 is 0 Å². The monoisotopic (exact) mass is 269 g/mol. The second-order valence-electron chi connectivity index (χ2n) is 3.98. The van der Waals surface area contributed by atoms with E-state index in [0.29, 0.717) is 5.56 Å². The first-order chi connectivity index (χ1) is 8.89. The molecule has 0 saturated carbocycles. The van der Waals surface area contributed by atoms with Crippen LogP contribution in [-0.4, -0.2) is 15.6 Å². The Labute approximate surface area is 106 Å². The van der Waals surface area contributed by atoms with E-state index in [0.717, 1.165) is 16.7 Å². The summed E-state index contributed by atoms with van der Waals surface area (Å²) in [4.78, 5) is 11.0. The molecule has 19 heavy (non-hydrogen) atoms. The smallest absolute Gasteiger partial charge is 0.431 e. The zero-order chi connectivity index (χ0) is 14.0. The first kappa shape index (κ1) is 13.2. The van der Waals surface area contributed by atoms with Crippen molar-refractivity contribution >= 4 is 5.97 Å². The second-order valence-corrected chi connectivity index (χ2v) is 3.98. The van der Waals surface area contributed by atoms with Crippen molar-refractivity contribution < 1.29 is 23.1 Å². The van der Waals surface area contributed by atoms with Gasteiger partial charge in [0.05, 0.1) is 0 Å². The van der Waals surface area contributed by atoms with Gasteiger partial charge >= 0.3 is 12.1 Å². The molecule has 0 amide bonds. The predicted octanol–water partition coefficient (Wildman–Crippen LogP) is 3.25. The van der Waals surface area contributed by atoms with E-state index in [1.807, 2.05) is 0 Å².